The second-order valence-corrected chi connectivity index (χ2v) is 5.25. The molecule has 0 radical (unpaired) electrons. The number of nitrogens with zero attached hydrogens (tertiary/aromatic N) is 3. The van der Waals surface area contributed by atoms with E-state index in [1.165, 1.54) is 15.8 Å². The molecule has 6 nitrogen and oxygen atoms in total. The van der Waals surface area contributed by atoms with Gasteiger partial charge in [-0.3, -0.25) is 4.68 Å². The molecular formula is C13H16N4O2S. The summed E-state index contributed by atoms with van der Waals surface area (Å²) in [5.74, 6) is -0.0645. The van der Waals surface area contributed by atoms with Gasteiger partial charge in [0, 0.05) is 23.7 Å². The van der Waals surface area contributed by atoms with E-state index in [0.29, 0.717) is 6.54 Å². The molecule has 0 unspecified atom stereocenters. The van der Waals surface area contributed by atoms with Crippen molar-refractivity contribution >= 4 is 17.7 Å². The van der Waals surface area contributed by atoms with E-state index in [2.05, 4.69) is 27.8 Å². The largest absolute Gasteiger partial charge is 0.476 e. The van der Waals surface area contributed by atoms with Gasteiger partial charge < -0.3 is 10.4 Å². The minimum Gasteiger partial charge on any atom is -0.476 e. The molecule has 0 aliphatic carbocycles. The van der Waals surface area contributed by atoms with Gasteiger partial charge in [0.05, 0.1) is 12.7 Å². The molecule has 0 saturated heterocycles. The smallest absolute Gasteiger partial charge is 0.358 e. The highest BCUT2D eigenvalue weighted by molar-refractivity contribution is 7.99. The normalized spacial score (nSPS) is 10.6. The van der Waals surface area contributed by atoms with Crippen LogP contribution in [0.3, 0.4) is 0 Å². The molecule has 20 heavy (non-hydrogen) atoms. The lowest BCUT2D eigenvalue weighted by molar-refractivity contribution is 0.0690. The number of rotatable bonds is 8. The van der Waals surface area contributed by atoms with Crippen LogP contribution in [0.2, 0.25) is 0 Å². The lowest BCUT2D eigenvalue weighted by Gasteiger charge is -2.04. The van der Waals surface area contributed by atoms with Crippen molar-refractivity contribution in [3.8, 4) is 0 Å². The van der Waals surface area contributed by atoms with Crippen LogP contribution in [0.15, 0.2) is 41.4 Å². The molecule has 2 rings (SSSR count). The third kappa shape index (κ3) is 4.67. The summed E-state index contributed by atoms with van der Waals surface area (Å²) in [5.41, 5.74) is -0.0235. The number of carbonyl (C=O) groups is 1. The molecule has 0 spiro atoms. The van der Waals surface area contributed by atoms with E-state index in [0.717, 1.165) is 18.8 Å². The van der Waals surface area contributed by atoms with E-state index in [-0.39, 0.29) is 5.69 Å². The number of aromatic carboxylic acids is 1. The molecule has 2 N–H and O–H groups in total. The molecule has 1 aromatic carbocycles. The molecule has 2 aromatic rings. The Balaban J connectivity index is 1.58. The molecule has 106 valence electrons. The molecule has 1 aromatic heterocycles. The van der Waals surface area contributed by atoms with Gasteiger partial charge in [-0.05, 0) is 12.1 Å². The predicted molar refractivity (Wildman–Crippen MR) is 77.0 cm³/mol. The van der Waals surface area contributed by atoms with E-state index in [1.54, 1.807) is 11.8 Å². The van der Waals surface area contributed by atoms with Gasteiger partial charge in [-0.15, -0.1) is 16.9 Å². The summed E-state index contributed by atoms with van der Waals surface area (Å²) in [4.78, 5) is 11.9. The van der Waals surface area contributed by atoms with Crippen LogP contribution in [0.5, 0.6) is 0 Å². The summed E-state index contributed by atoms with van der Waals surface area (Å²) in [6, 6.07) is 10.2. The molecule has 0 amide bonds. The number of carboxylic acid groups (broad SMARTS) is 1. The lowest BCUT2D eigenvalue weighted by Crippen LogP contribution is -2.22. The van der Waals surface area contributed by atoms with Crippen molar-refractivity contribution in [1.29, 1.82) is 0 Å². The van der Waals surface area contributed by atoms with Crippen LogP contribution in [0.4, 0.5) is 0 Å². The Hall–Kier alpha value is -1.86. The molecule has 7 heteroatoms. The van der Waals surface area contributed by atoms with Crippen molar-refractivity contribution in [2.45, 2.75) is 11.4 Å². The van der Waals surface area contributed by atoms with Crippen LogP contribution in [0.1, 0.15) is 10.5 Å². The van der Waals surface area contributed by atoms with Gasteiger partial charge in [0.25, 0.3) is 0 Å². The fourth-order valence-corrected chi connectivity index (χ4v) is 2.41. The Bertz CT molecular complexity index is 544. The highest BCUT2D eigenvalue weighted by Gasteiger charge is 2.07. The topological polar surface area (TPSA) is 80.0 Å². The molecule has 0 bridgehead atoms. The Morgan fingerprint density at radius 3 is 2.80 bits per heavy atom. The SMILES string of the molecule is O=C(O)c1cn(CCNCCSc2ccccc2)nn1. The van der Waals surface area contributed by atoms with Crippen molar-refractivity contribution in [2.75, 3.05) is 18.8 Å². The lowest BCUT2D eigenvalue weighted by atomic mass is 10.4. The first-order valence-corrected chi connectivity index (χ1v) is 7.26. The summed E-state index contributed by atoms with van der Waals surface area (Å²) in [6.45, 7) is 2.23. The average Bonchev–Trinajstić information content (AvgIpc) is 2.93. The molecule has 0 saturated carbocycles. The zero-order chi connectivity index (χ0) is 14.2. The van der Waals surface area contributed by atoms with E-state index < -0.39 is 5.97 Å². The zero-order valence-corrected chi connectivity index (χ0v) is 11.7. The van der Waals surface area contributed by atoms with Crippen LogP contribution in [0, 0.1) is 0 Å². The second kappa shape index (κ2) is 7.66. The summed E-state index contributed by atoms with van der Waals surface area (Å²) in [6.07, 6.45) is 1.43. The maximum Gasteiger partial charge on any atom is 0.358 e. The van der Waals surface area contributed by atoms with Crippen molar-refractivity contribution in [3.63, 3.8) is 0 Å². The van der Waals surface area contributed by atoms with E-state index in [9.17, 15) is 4.79 Å². The maximum atomic E-state index is 10.6. The first-order valence-electron chi connectivity index (χ1n) is 6.28. The summed E-state index contributed by atoms with van der Waals surface area (Å²) in [5, 5.41) is 19.3. The molecule has 1 heterocycles. The fourth-order valence-electron chi connectivity index (χ4n) is 1.58. The Kier molecular flexibility index (Phi) is 5.57. The number of hydrogen-bond donors (Lipinski definition) is 2. The molecule has 0 aliphatic rings. The van der Waals surface area contributed by atoms with Crippen LogP contribution < -0.4 is 5.32 Å². The minimum absolute atomic E-state index is 0.0235. The quantitative estimate of drug-likeness (QED) is 0.565. The van der Waals surface area contributed by atoms with Crippen molar-refractivity contribution in [1.82, 2.24) is 20.3 Å². The Morgan fingerprint density at radius 1 is 1.30 bits per heavy atom. The van der Waals surface area contributed by atoms with E-state index >= 15 is 0 Å². The van der Waals surface area contributed by atoms with Crippen LogP contribution >= 0.6 is 11.8 Å². The average molecular weight is 292 g/mol. The van der Waals surface area contributed by atoms with Gasteiger partial charge in [0.15, 0.2) is 5.69 Å². The second-order valence-electron chi connectivity index (χ2n) is 4.08. The Morgan fingerprint density at radius 2 is 2.10 bits per heavy atom. The van der Waals surface area contributed by atoms with Crippen LogP contribution in [-0.2, 0) is 6.54 Å². The molecule has 0 aliphatic heterocycles. The highest BCUT2D eigenvalue weighted by Crippen LogP contribution is 2.15. The fraction of sp³-hybridized carbons (Fsp3) is 0.308. The minimum atomic E-state index is -1.05. The van der Waals surface area contributed by atoms with Gasteiger partial charge >= 0.3 is 5.97 Å². The van der Waals surface area contributed by atoms with Crippen molar-refractivity contribution < 1.29 is 9.90 Å². The first kappa shape index (κ1) is 14.5. The van der Waals surface area contributed by atoms with Crippen molar-refractivity contribution in [3.05, 3.63) is 42.2 Å². The standard InChI is InChI=1S/C13H16N4O2S/c18-13(19)12-10-17(16-15-12)8-6-14-7-9-20-11-4-2-1-3-5-11/h1-5,10,14H,6-9H2,(H,18,19). The van der Waals surface area contributed by atoms with E-state index in [1.807, 2.05) is 18.2 Å². The number of benzene rings is 1. The van der Waals surface area contributed by atoms with Crippen molar-refractivity contribution in [2.24, 2.45) is 0 Å². The summed E-state index contributed by atoms with van der Waals surface area (Å²) < 4.78 is 1.53. The van der Waals surface area contributed by atoms with Gasteiger partial charge in [0.1, 0.15) is 0 Å². The van der Waals surface area contributed by atoms with Gasteiger partial charge in [0.2, 0.25) is 0 Å². The molecule has 0 fully saturated rings. The zero-order valence-electron chi connectivity index (χ0n) is 10.9. The monoisotopic (exact) mass is 292 g/mol. The maximum absolute atomic E-state index is 10.6. The first-order chi connectivity index (χ1) is 9.75. The third-order valence-corrected chi connectivity index (χ3v) is 3.58. The molecular weight excluding hydrogens is 276 g/mol. The van der Waals surface area contributed by atoms with Gasteiger partial charge in [-0.2, -0.15) is 0 Å². The van der Waals surface area contributed by atoms with Crippen LogP contribution in [-0.4, -0.2) is 44.9 Å². The van der Waals surface area contributed by atoms with Crippen LogP contribution in [0.25, 0.3) is 0 Å². The summed E-state index contributed by atoms with van der Waals surface area (Å²) in [7, 11) is 0. The number of thioether (sulfide) groups is 1. The predicted octanol–water partition coefficient (Wildman–Crippen LogP) is 1.36. The number of hydrogen-bond acceptors (Lipinski definition) is 5. The van der Waals surface area contributed by atoms with Gasteiger partial charge in [-0.1, -0.05) is 23.4 Å². The number of aromatic nitrogens is 3. The van der Waals surface area contributed by atoms with Gasteiger partial charge in [-0.25, -0.2) is 4.79 Å². The third-order valence-electron chi connectivity index (χ3n) is 2.57. The highest BCUT2D eigenvalue weighted by atomic mass is 32.2. The number of nitrogens with one attached hydrogen (secondary N) is 1. The summed E-state index contributed by atoms with van der Waals surface area (Å²) >= 11 is 1.80. The van der Waals surface area contributed by atoms with E-state index in [4.69, 9.17) is 5.11 Å². The Labute approximate surface area is 121 Å². The number of carboxylic acids is 1. The molecule has 0 atom stereocenters.